The van der Waals surface area contributed by atoms with Gasteiger partial charge in [0.25, 0.3) is 0 Å². The first-order chi connectivity index (χ1) is 12.2. The molecule has 0 unspecified atom stereocenters. The standard InChI is InChI=1S/C19H29N5O/c1-3-4-10-24-13-9-20-19(24)17-7-11-23(12-8-17)18(25)6-5-16-14-21-22(2)15-16/h9,13-15,17H,3-8,10-12H2,1-2H3. The van der Waals surface area contributed by atoms with Crippen molar-refractivity contribution in [1.29, 1.82) is 0 Å². The minimum Gasteiger partial charge on any atom is -0.343 e. The molecule has 1 fully saturated rings. The van der Waals surface area contributed by atoms with Crippen LogP contribution in [-0.2, 0) is 24.8 Å². The van der Waals surface area contributed by atoms with E-state index in [0.717, 1.165) is 44.5 Å². The van der Waals surface area contributed by atoms with Gasteiger partial charge in [0.15, 0.2) is 0 Å². The van der Waals surface area contributed by atoms with E-state index in [9.17, 15) is 4.79 Å². The summed E-state index contributed by atoms with van der Waals surface area (Å²) in [7, 11) is 1.90. The normalized spacial score (nSPS) is 15.7. The molecule has 1 aliphatic heterocycles. The van der Waals surface area contributed by atoms with Crippen molar-refractivity contribution in [2.75, 3.05) is 13.1 Å². The quantitative estimate of drug-likeness (QED) is 0.777. The molecule has 136 valence electrons. The van der Waals surface area contributed by atoms with Crippen LogP contribution in [0.3, 0.4) is 0 Å². The summed E-state index contributed by atoms with van der Waals surface area (Å²) >= 11 is 0. The van der Waals surface area contributed by atoms with Gasteiger partial charge in [-0.15, -0.1) is 0 Å². The summed E-state index contributed by atoms with van der Waals surface area (Å²) < 4.78 is 4.08. The topological polar surface area (TPSA) is 56.0 Å². The van der Waals surface area contributed by atoms with Crippen LogP contribution >= 0.6 is 0 Å². The molecule has 25 heavy (non-hydrogen) atoms. The van der Waals surface area contributed by atoms with Gasteiger partial charge in [0.1, 0.15) is 5.82 Å². The molecule has 0 radical (unpaired) electrons. The molecule has 1 aliphatic rings. The van der Waals surface area contributed by atoms with Gasteiger partial charge in [-0.2, -0.15) is 5.10 Å². The van der Waals surface area contributed by atoms with E-state index in [1.54, 1.807) is 4.68 Å². The van der Waals surface area contributed by atoms with Gasteiger partial charge in [-0.3, -0.25) is 9.48 Å². The summed E-state index contributed by atoms with van der Waals surface area (Å²) in [4.78, 5) is 19.1. The maximum atomic E-state index is 12.5. The minimum atomic E-state index is 0.261. The van der Waals surface area contributed by atoms with Crippen LogP contribution in [0.4, 0.5) is 0 Å². The highest BCUT2D eigenvalue weighted by Gasteiger charge is 2.26. The average molecular weight is 343 g/mol. The molecule has 6 nitrogen and oxygen atoms in total. The number of nitrogens with zero attached hydrogens (tertiary/aromatic N) is 5. The fourth-order valence-corrected chi connectivity index (χ4v) is 3.60. The summed E-state index contributed by atoms with van der Waals surface area (Å²) in [5, 5.41) is 4.16. The van der Waals surface area contributed by atoms with Crippen LogP contribution in [-0.4, -0.2) is 43.2 Å². The van der Waals surface area contributed by atoms with E-state index < -0.39 is 0 Å². The van der Waals surface area contributed by atoms with Gasteiger partial charge < -0.3 is 9.47 Å². The van der Waals surface area contributed by atoms with E-state index in [-0.39, 0.29) is 5.91 Å². The third-order valence-corrected chi connectivity index (χ3v) is 5.10. The van der Waals surface area contributed by atoms with Crippen LogP contribution < -0.4 is 0 Å². The summed E-state index contributed by atoms with van der Waals surface area (Å²) in [6.07, 6.45) is 13.6. The number of hydrogen-bond acceptors (Lipinski definition) is 3. The molecule has 0 aliphatic carbocycles. The van der Waals surface area contributed by atoms with Crippen LogP contribution in [0.2, 0.25) is 0 Å². The molecule has 0 atom stereocenters. The van der Waals surface area contributed by atoms with Crippen molar-refractivity contribution >= 4 is 5.91 Å². The number of amides is 1. The molecular weight excluding hydrogens is 314 g/mol. The Hall–Kier alpha value is -2.11. The van der Waals surface area contributed by atoms with Crippen molar-refractivity contribution in [2.24, 2.45) is 7.05 Å². The number of aromatic nitrogens is 4. The van der Waals surface area contributed by atoms with Crippen LogP contribution in [0, 0.1) is 0 Å². The van der Waals surface area contributed by atoms with Crippen molar-refractivity contribution in [2.45, 2.75) is 57.9 Å². The van der Waals surface area contributed by atoms with E-state index in [1.165, 1.54) is 18.7 Å². The fraction of sp³-hybridized carbons (Fsp3) is 0.632. The van der Waals surface area contributed by atoms with Crippen LogP contribution in [0.5, 0.6) is 0 Å². The number of piperidine rings is 1. The Bertz CT molecular complexity index is 682. The van der Waals surface area contributed by atoms with Crippen LogP contribution in [0.25, 0.3) is 0 Å². The van der Waals surface area contributed by atoms with E-state index in [1.807, 2.05) is 30.5 Å². The van der Waals surface area contributed by atoms with Gasteiger partial charge in [0.2, 0.25) is 5.91 Å². The minimum absolute atomic E-state index is 0.261. The van der Waals surface area contributed by atoms with Crippen molar-refractivity contribution < 1.29 is 4.79 Å². The van der Waals surface area contributed by atoms with Gasteiger partial charge in [-0.25, -0.2) is 4.98 Å². The van der Waals surface area contributed by atoms with Gasteiger partial charge in [0.05, 0.1) is 6.20 Å². The third-order valence-electron chi connectivity index (χ3n) is 5.10. The SMILES string of the molecule is CCCCn1ccnc1C1CCN(C(=O)CCc2cnn(C)c2)CC1. The second-order valence-electron chi connectivity index (χ2n) is 7.01. The van der Waals surface area contributed by atoms with Crippen molar-refractivity contribution in [3.63, 3.8) is 0 Å². The van der Waals surface area contributed by atoms with E-state index in [0.29, 0.717) is 12.3 Å². The molecule has 2 aromatic rings. The third kappa shape index (κ3) is 4.50. The largest absolute Gasteiger partial charge is 0.343 e. The van der Waals surface area contributed by atoms with Gasteiger partial charge >= 0.3 is 0 Å². The van der Waals surface area contributed by atoms with E-state index in [2.05, 4.69) is 27.8 Å². The summed E-state index contributed by atoms with van der Waals surface area (Å²) in [5.41, 5.74) is 1.13. The number of unbranched alkanes of at least 4 members (excludes halogenated alkanes) is 1. The molecule has 2 aromatic heterocycles. The number of imidazole rings is 1. The van der Waals surface area contributed by atoms with E-state index in [4.69, 9.17) is 0 Å². The molecule has 1 saturated heterocycles. The van der Waals surface area contributed by atoms with Crippen molar-refractivity contribution in [3.8, 4) is 0 Å². The summed E-state index contributed by atoms with van der Waals surface area (Å²) in [6, 6.07) is 0. The van der Waals surface area contributed by atoms with Gasteiger partial charge in [0, 0.05) is 57.6 Å². The molecule has 3 rings (SSSR count). The fourth-order valence-electron chi connectivity index (χ4n) is 3.60. The number of likely N-dealkylation sites (tertiary alicyclic amines) is 1. The van der Waals surface area contributed by atoms with Crippen molar-refractivity contribution in [1.82, 2.24) is 24.2 Å². The first-order valence-corrected chi connectivity index (χ1v) is 9.43. The average Bonchev–Trinajstić information content (AvgIpc) is 3.26. The Kier molecular flexibility index (Phi) is 5.89. The molecule has 0 bridgehead atoms. The highest BCUT2D eigenvalue weighted by Crippen LogP contribution is 2.27. The Balaban J connectivity index is 1.48. The molecule has 0 aromatic carbocycles. The molecule has 0 N–H and O–H groups in total. The zero-order valence-electron chi connectivity index (χ0n) is 15.4. The lowest BCUT2D eigenvalue weighted by molar-refractivity contribution is -0.132. The molecule has 0 spiro atoms. The molecule has 3 heterocycles. The summed E-state index contributed by atoms with van der Waals surface area (Å²) in [6.45, 7) is 4.96. The number of aryl methyl sites for hydroxylation is 3. The number of hydrogen-bond donors (Lipinski definition) is 0. The lowest BCUT2D eigenvalue weighted by Gasteiger charge is -2.32. The highest BCUT2D eigenvalue weighted by atomic mass is 16.2. The predicted octanol–water partition coefficient (Wildman–Crippen LogP) is 2.76. The molecule has 6 heteroatoms. The van der Waals surface area contributed by atoms with Crippen molar-refractivity contribution in [3.05, 3.63) is 36.2 Å². The maximum absolute atomic E-state index is 12.5. The Labute approximate surface area is 149 Å². The Morgan fingerprint density at radius 1 is 1.32 bits per heavy atom. The zero-order chi connectivity index (χ0) is 17.6. The Morgan fingerprint density at radius 2 is 2.12 bits per heavy atom. The molecular formula is C19H29N5O. The van der Waals surface area contributed by atoms with Crippen LogP contribution in [0.15, 0.2) is 24.8 Å². The predicted molar refractivity (Wildman–Crippen MR) is 97.2 cm³/mol. The molecule has 1 amide bonds. The van der Waals surface area contributed by atoms with Crippen LogP contribution in [0.1, 0.15) is 56.3 Å². The smallest absolute Gasteiger partial charge is 0.222 e. The lowest BCUT2D eigenvalue weighted by atomic mass is 9.95. The first-order valence-electron chi connectivity index (χ1n) is 9.43. The maximum Gasteiger partial charge on any atom is 0.222 e. The second kappa shape index (κ2) is 8.32. The molecule has 0 saturated carbocycles. The number of carbonyl (C=O) groups is 1. The van der Waals surface area contributed by atoms with E-state index >= 15 is 0 Å². The highest BCUT2D eigenvalue weighted by molar-refractivity contribution is 5.76. The lowest BCUT2D eigenvalue weighted by Crippen LogP contribution is -2.38. The second-order valence-corrected chi connectivity index (χ2v) is 7.01. The number of rotatable bonds is 7. The first kappa shape index (κ1) is 17.7. The number of carbonyl (C=O) groups excluding carboxylic acids is 1. The Morgan fingerprint density at radius 3 is 2.80 bits per heavy atom. The van der Waals surface area contributed by atoms with Gasteiger partial charge in [-0.05, 0) is 31.2 Å². The monoisotopic (exact) mass is 343 g/mol. The zero-order valence-corrected chi connectivity index (χ0v) is 15.4. The summed E-state index contributed by atoms with van der Waals surface area (Å²) in [5.74, 6) is 1.95. The van der Waals surface area contributed by atoms with Gasteiger partial charge in [-0.1, -0.05) is 13.3 Å².